The molecule has 1 aliphatic rings. The van der Waals surface area contributed by atoms with Crippen LogP contribution in [0.15, 0.2) is 23.1 Å². The molecule has 4 heteroatoms. The first kappa shape index (κ1) is 11.3. The van der Waals surface area contributed by atoms with E-state index in [1.54, 1.807) is 0 Å². The number of nitrogens with one attached hydrogen (secondary N) is 1. The highest BCUT2D eigenvalue weighted by atomic mass is 32.1. The molecule has 1 amide bonds. The summed E-state index contributed by atoms with van der Waals surface area (Å²) in [6.07, 6.45) is 2.31. The van der Waals surface area contributed by atoms with Crippen LogP contribution in [0.25, 0.3) is 0 Å². The molecule has 2 N–H and O–H groups in total. The van der Waals surface area contributed by atoms with Crippen molar-refractivity contribution in [3.8, 4) is 0 Å². The van der Waals surface area contributed by atoms with Gasteiger partial charge < -0.3 is 10.4 Å². The third-order valence-corrected chi connectivity index (χ3v) is 3.34. The number of hydrogen-bond acceptors (Lipinski definition) is 2. The second kappa shape index (κ2) is 4.78. The summed E-state index contributed by atoms with van der Waals surface area (Å²) in [6, 6.07) is 6.14. The lowest BCUT2D eigenvalue weighted by molar-refractivity contribution is 0.193. The van der Waals surface area contributed by atoms with Crippen molar-refractivity contribution in [2.45, 2.75) is 30.1 Å². The van der Waals surface area contributed by atoms with Gasteiger partial charge in [-0.05, 0) is 42.5 Å². The fourth-order valence-corrected chi connectivity index (χ4v) is 2.55. The molecule has 0 saturated carbocycles. The summed E-state index contributed by atoms with van der Waals surface area (Å²) in [6.45, 7) is 0.508. The Bertz CT molecular complexity index is 406. The number of benzene rings is 1. The average Bonchev–Trinajstić information content (AvgIpc) is 2.25. The van der Waals surface area contributed by atoms with Crippen molar-refractivity contribution < 1.29 is 9.90 Å². The molecule has 0 fully saturated rings. The maximum absolute atomic E-state index is 10.5. The van der Waals surface area contributed by atoms with Gasteiger partial charge in [0.1, 0.15) is 0 Å². The highest BCUT2D eigenvalue weighted by Gasteiger charge is 2.20. The zero-order chi connectivity index (χ0) is 11.5. The van der Waals surface area contributed by atoms with Crippen LogP contribution in [0, 0.1) is 0 Å². The standard InChI is InChI=1S/C12H15NO2S/c14-12(15)13-7-9-3-1-2-8-6-10(16)4-5-11(8)9/h4-6,9,13,16H,1-3,7H2,(H,14,15)/t9-/m0/s1. The Balaban J connectivity index is 2.16. The van der Waals surface area contributed by atoms with Crippen LogP contribution in [0.5, 0.6) is 0 Å². The van der Waals surface area contributed by atoms with Gasteiger partial charge in [-0.15, -0.1) is 12.6 Å². The van der Waals surface area contributed by atoms with Crippen molar-refractivity contribution in [2.24, 2.45) is 0 Å². The number of carbonyl (C=O) groups is 1. The van der Waals surface area contributed by atoms with Crippen molar-refractivity contribution in [1.82, 2.24) is 5.32 Å². The molecule has 0 spiro atoms. The molecular weight excluding hydrogens is 222 g/mol. The number of fused-ring (bicyclic) bond motifs is 1. The molecular formula is C12H15NO2S. The highest BCUT2D eigenvalue weighted by Crippen LogP contribution is 2.32. The lowest BCUT2D eigenvalue weighted by Crippen LogP contribution is -2.28. The van der Waals surface area contributed by atoms with Crippen LogP contribution in [-0.4, -0.2) is 17.7 Å². The minimum absolute atomic E-state index is 0.314. The third kappa shape index (κ3) is 2.50. The molecule has 1 aromatic rings. The molecule has 0 heterocycles. The van der Waals surface area contributed by atoms with E-state index in [9.17, 15) is 4.79 Å². The Morgan fingerprint density at radius 3 is 3.12 bits per heavy atom. The van der Waals surface area contributed by atoms with Gasteiger partial charge >= 0.3 is 6.09 Å². The lowest BCUT2D eigenvalue weighted by atomic mass is 9.83. The van der Waals surface area contributed by atoms with Gasteiger partial charge in [0.05, 0.1) is 0 Å². The molecule has 0 radical (unpaired) electrons. The summed E-state index contributed by atoms with van der Waals surface area (Å²) in [5.74, 6) is 0.314. The molecule has 0 saturated heterocycles. The minimum atomic E-state index is -0.946. The first-order chi connectivity index (χ1) is 7.66. The highest BCUT2D eigenvalue weighted by molar-refractivity contribution is 7.80. The Morgan fingerprint density at radius 1 is 1.56 bits per heavy atom. The second-order valence-corrected chi connectivity index (χ2v) is 4.67. The summed E-state index contributed by atoms with van der Waals surface area (Å²) < 4.78 is 0. The van der Waals surface area contributed by atoms with Gasteiger partial charge in [0.2, 0.25) is 0 Å². The molecule has 1 aromatic carbocycles. The summed E-state index contributed by atoms with van der Waals surface area (Å²) in [4.78, 5) is 11.5. The van der Waals surface area contributed by atoms with Crippen LogP contribution in [0.1, 0.15) is 29.9 Å². The van der Waals surface area contributed by atoms with E-state index in [-0.39, 0.29) is 0 Å². The lowest BCUT2D eigenvalue weighted by Gasteiger charge is -2.25. The molecule has 0 aliphatic heterocycles. The van der Waals surface area contributed by atoms with Gasteiger partial charge in [-0.2, -0.15) is 0 Å². The van der Waals surface area contributed by atoms with Gasteiger partial charge in [0, 0.05) is 17.4 Å². The number of hydrogen-bond donors (Lipinski definition) is 3. The molecule has 16 heavy (non-hydrogen) atoms. The summed E-state index contributed by atoms with van der Waals surface area (Å²) in [5, 5.41) is 11.1. The van der Waals surface area contributed by atoms with Gasteiger partial charge in [0.25, 0.3) is 0 Å². The smallest absolute Gasteiger partial charge is 0.404 e. The average molecular weight is 237 g/mol. The summed E-state index contributed by atoms with van der Waals surface area (Å²) >= 11 is 4.32. The normalized spacial score (nSPS) is 18.9. The Kier molecular flexibility index (Phi) is 3.39. The molecule has 0 unspecified atom stereocenters. The number of thiol groups is 1. The van der Waals surface area contributed by atoms with Crippen molar-refractivity contribution in [3.05, 3.63) is 29.3 Å². The van der Waals surface area contributed by atoms with Gasteiger partial charge in [-0.3, -0.25) is 0 Å². The Hall–Kier alpha value is -1.16. The van der Waals surface area contributed by atoms with Crippen molar-refractivity contribution in [2.75, 3.05) is 6.54 Å². The summed E-state index contributed by atoms with van der Waals surface area (Å²) in [7, 11) is 0. The fourth-order valence-electron chi connectivity index (χ4n) is 2.32. The Labute approximate surface area is 100 Å². The molecule has 1 atom stereocenters. The first-order valence-corrected chi connectivity index (χ1v) is 5.90. The fraction of sp³-hybridized carbons (Fsp3) is 0.417. The monoisotopic (exact) mass is 237 g/mol. The maximum Gasteiger partial charge on any atom is 0.404 e. The maximum atomic E-state index is 10.5. The topological polar surface area (TPSA) is 49.3 Å². The molecule has 1 aliphatic carbocycles. The molecule has 3 nitrogen and oxygen atoms in total. The van der Waals surface area contributed by atoms with Gasteiger partial charge in [-0.1, -0.05) is 6.07 Å². The van der Waals surface area contributed by atoms with E-state index in [2.05, 4.69) is 30.1 Å². The van der Waals surface area contributed by atoms with E-state index in [1.165, 1.54) is 11.1 Å². The predicted octanol–water partition coefficient (Wildman–Crippen LogP) is 2.66. The second-order valence-electron chi connectivity index (χ2n) is 4.16. The molecule has 0 aromatic heterocycles. The van der Waals surface area contributed by atoms with E-state index in [1.807, 2.05) is 6.07 Å². The number of amides is 1. The van der Waals surface area contributed by atoms with Crippen molar-refractivity contribution in [3.63, 3.8) is 0 Å². The number of rotatable bonds is 2. The van der Waals surface area contributed by atoms with E-state index in [0.717, 1.165) is 24.2 Å². The quantitative estimate of drug-likeness (QED) is 0.693. The van der Waals surface area contributed by atoms with Gasteiger partial charge in [0.15, 0.2) is 0 Å². The zero-order valence-electron chi connectivity index (χ0n) is 8.94. The van der Waals surface area contributed by atoms with Crippen LogP contribution in [-0.2, 0) is 6.42 Å². The van der Waals surface area contributed by atoms with Crippen LogP contribution >= 0.6 is 12.6 Å². The van der Waals surface area contributed by atoms with Crippen LogP contribution in [0.4, 0.5) is 4.79 Å². The van der Waals surface area contributed by atoms with Gasteiger partial charge in [-0.25, -0.2) is 4.79 Å². The van der Waals surface area contributed by atoms with Crippen LogP contribution < -0.4 is 5.32 Å². The van der Waals surface area contributed by atoms with Crippen molar-refractivity contribution >= 4 is 18.7 Å². The van der Waals surface area contributed by atoms with E-state index in [4.69, 9.17) is 5.11 Å². The largest absolute Gasteiger partial charge is 0.465 e. The minimum Gasteiger partial charge on any atom is -0.465 e. The van der Waals surface area contributed by atoms with E-state index >= 15 is 0 Å². The number of carboxylic acid groups (broad SMARTS) is 1. The third-order valence-electron chi connectivity index (χ3n) is 3.06. The Morgan fingerprint density at radius 2 is 2.38 bits per heavy atom. The molecule has 86 valence electrons. The zero-order valence-corrected chi connectivity index (χ0v) is 9.83. The SMILES string of the molecule is O=C(O)NC[C@@H]1CCCc2cc(S)ccc21. The first-order valence-electron chi connectivity index (χ1n) is 5.45. The summed E-state index contributed by atoms with van der Waals surface area (Å²) in [5.41, 5.74) is 2.59. The molecule has 0 bridgehead atoms. The molecule has 2 rings (SSSR count). The van der Waals surface area contributed by atoms with Crippen molar-refractivity contribution in [1.29, 1.82) is 0 Å². The van der Waals surface area contributed by atoms with E-state index in [0.29, 0.717) is 12.5 Å². The van der Waals surface area contributed by atoms with Crippen LogP contribution in [0.2, 0.25) is 0 Å². The predicted molar refractivity (Wildman–Crippen MR) is 65.4 cm³/mol. The van der Waals surface area contributed by atoms with Crippen LogP contribution in [0.3, 0.4) is 0 Å². The number of aryl methyl sites for hydroxylation is 1. The van der Waals surface area contributed by atoms with E-state index < -0.39 is 6.09 Å².